The Morgan fingerprint density at radius 3 is 2.55 bits per heavy atom. The van der Waals surface area contributed by atoms with Gasteiger partial charge in [-0.1, -0.05) is 18.0 Å². The van der Waals surface area contributed by atoms with Gasteiger partial charge in [0, 0.05) is 18.7 Å². The Morgan fingerprint density at radius 1 is 1.24 bits per heavy atom. The maximum atomic E-state index is 12.6. The van der Waals surface area contributed by atoms with Gasteiger partial charge in [0.2, 0.25) is 15.8 Å². The number of nitrogens with one attached hydrogen (secondary N) is 1. The van der Waals surface area contributed by atoms with Gasteiger partial charge in [-0.15, -0.1) is 11.3 Å². The zero-order chi connectivity index (χ0) is 21.1. The first-order chi connectivity index (χ1) is 13.7. The molecule has 1 atom stereocenters. The molecule has 1 unspecified atom stereocenters. The molecule has 162 valence electrons. The van der Waals surface area contributed by atoms with Crippen LogP contribution < -0.4 is 4.72 Å². The number of thiophene rings is 1. The van der Waals surface area contributed by atoms with Crippen molar-refractivity contribution in [3.63, 3.8) is 0 Å². The van der Waals surface area contributed by atoms with Crippen molar-refractivity contribution >= 4 is 21.4 Å². The molecule has 0 aromatic carbocycles. The molecule has 1 fully saturated rings. The molecule has 3 rings (SSSR count). The first-order valence-electron chi connectivity index (χ1n) is 9.54. The minimum absolute atomic E-state index is 0.0338. The topological polar surface area (TPSA) is 75.4 Å². The molecule has 2 aromatic heterocycles. The van der Waals surface area contributed by atoms with Crippen LogP contribution in [0.5, 0.6) is 0 Å². The van der Waals surface area contributed by atoms with E-state index in [1.807, 2.05) is 0 Å². The lowest BCUT2D eigenvalue weighted by Crippen LogP contribution is -2.37. The van der Waals surface area contributed by atoms with E-state index in [1.54, 1.807) is 0 Å². The Kier molecular flexibility index (Phi) is 7.02. The Bertz CT molecular complexity index is 901. The maximum absolute atomic E-state index is 12.6. The third-order valence-electron chi connectivity index (χ3n) is 5.01. The molecule has 2 aromatic rings. The second-order valence-corrected chi connectivity index (χ2v) is 10.3. The number of likely N-dealkylation sites (tertiary alicyclic amines) is 1. The summed E-state index contributed by atoms with van der Waals surface area (Å²) in [4.78, 5) is 2.69. The molecule has 0 spiro atoms. The molecular formula is C18H24F3N3O3S2. The van der Waals surface area contributed by atoms with Crippen molar-refractivity contribution in [2.75, 3.05) is 19.6 Å². The average molecular weight is 452 g/mol. The van der Waals surface area contributed by atoms with E-state index < -0.39 is 22.0 Å². The number of alkyl halides is 3. The number of halogens is 3. The summed E-state index contributed by atoms with van der Waals surface area (Å²) in [5.41, 5.74) is -0.0430. The fraction of sp³-hybridized carbons (Fsp3) is 0.611. The summed E-state index contributed by atoms with van der Waals surface area (Å²) in [5.74, 6) is -1.22. The van der Waals surface area contributed by atoms with Crippen molar-refractivity contribution in [2.45, 2.75) is 55.5 Å². The first-order valence-corrected chi connectivity index (χ1v) is 11.8. The highest BCUT2D eigenvalue weighted by Gasteiger charge is 2.36. The molecule has 0 saturated carbocycles. The van der Waals surface area contributed by atoms with Crippen molar-refractivity contribution in [2.24, 2.45) is 0 Å². The van der Waals surface area contributed by atoms with Crippen LogP contribution in [0.1, 0.15) is 44.8 Å². The molecular weight excluding hydrogens is 427 g/mol. The van der Waals surface area contributed by atoms with Gasteiger partial charge in [0.05, 0.1) is 4.88 Å². The van der Waals surface area contributed by atoms with Crippen molar-refractivity contribution < 1.29 is 26.1 Å². The molecule has 0 aliphatic carbocycles. The summed E-state index contributed by atoms with van der Waals surface area (Å²) in [7, 11) is -3.73. The molecule has 0 amide bonds. The molecule has 1 N–H and O–H groups in total. The quantitative estimate of drug-likeness (QED) is 0.677. The Balaban J connectivity index is 1.58. The van der Waals surface area contributed by atoms with E-state index in [2.05, 4.69) is 26.2 Å². The van der Waals surface area contributed by atoms with Gasteiger partial charge >= 0.3 is 6.18 Å². The summed E-state index contributed by atoms with van der Waals surface area (Å²) in [5, 5.41) is 3.39. The zero-order valence-corrected chi connectivity index (χ0v) is 17.7. The van der Waals surface area contributed by atoms with Crippen LogP contribution in [0.15, 0.2) is 26.9 Å². The molecule has 1 aliphatic rings. The van der Waals surface area contributed by atoms with Gasteiger partial charge in [-0.2, -0.15) is 13.2 Å². The number of nitrogens with zero attached hydrogens (tertiary/aromatic N) is 2. The predicted molar refractivity (Wildman–Crippen MR) is 104 cm³/mol. The lowest BCUT2D eigenvalue weighted by molar-refractivity contribution is -0.155. The first kappa shape index (κ1) is 22.3. The molecule has 29 heavy (non-hydrogen) atoms. The van der Waals surface area contributed by atoms with Crippen molar-refractivity contribution in [3.05, 3.63) is 24.0 Å². The number of sulfonamides is 1. The van der Waals surface area contributed by atoms with E-state index in [1.165, 1.54) is 37.8 Å². The van der Waals surface area contributed by atoms with Crippen LogP contribution in [-0.4, -0.2) is 44.2 Å². The second kappa shape index (κ2) is 9.15. The third-order valence-corrected chi connectivity index (χ3v) is 8.07. The third kappa shape index (κ3) is 5.80. The van der Waals surface area contributed by atoms with Crippen molar-refractivity contribution in [1.29, 1.82) is 0 Å². The van der Waals surface area contributed by atoms with E-state index in [-0.39, 0.29) is 15.9 Å². The average Bonchev–Trinajstić information content (AvgIpc) is 3.25. The highest BCUT2D eigenvalue weighted by molar-refractivity contribution is 7.91. The van der Waals surface area contributed by atoms with Gasteiger partial charge in [-0.05, 0) is 51.4 Å². The van der Waals surface area contributed by atoms with Crippen LogP contribution in [0.2, 0.25) is 0 Å². The number of rotatable bonds is 7. The normalized spacial score (nSPS) is 17.9. The highest BCUT2D eigenvalue weighted by atomic mass is 32.2. The van der Waals surface area contributed by atoms with E-state index in [9.17, 15) is 21.6 Å². The molecule has 0 bridgehead atoms. The lowest BCUT2D eigenvalue weighted by Gasteiger charge is -2.27. The minimum Gasteiger partial charge on any atom is -0.351 e. The molecule has 0 radical (unpaired) electrons. The molecule has 3 heterocycles. The van der Waals surface area contributed by atoms with Crippen molar-refractivity contribution in [1.82, 2.24) is 14.8 Å². The van der Waals surface area contributed by atoms with Crippen LogP contribution in [0.3, 0.4) is 0 Å². The van der Waals surface area contributed by atoms with E-state index in [4.69, 9.17) is 0 Å². The monoisotopic (exact) mass is 451 g/mol. The number of hydrogen-bond acceptors (Lipinski definition) is 6. The van der Waals surface area contributed by atoms with Crippen LogP contribution in [0, 0.1) is 0 Å². The van der Waals surface area contributed by atoms with Gasteiger partial charge in [-0.25, -0.2) is 13.1 Å². The molecule has 6 nitrogen and oxygen atoms in total. The van der Waals surface area contributed by atoms with Crippen LogP contribution in [-0.2, 0) is 16.2 Å². The standard InChI is InChI=1S/C18H24F3N3O3S2/c1-13(24-10-4-2-3-5-11-24)8-9-22-29(25,26)17-7-6-15(28-17)14-12-16(27-23-14)18(19,20)21/h6-7,12-13,22H,2-5,8-11H2,1H3. The van der Waals surface area contributed by atoms with E-state index in [0.29, 0.717) is 17.8 Å². The Hall–Kier alpha value is -1.43. The summed E-state index contributed by atoms with van der Waals surface area (Å²) in [6, 6.07) is 3.84. The van der Waals surface area contributed by atoms with Gasteiger partial charge in [0.1, 0.15) is 9.90 Å². The molecule has 1 aliphatic heterocycles. The largest absolute Gasteiger partial charge is 0.452 e. The zero-order valence-electron chi connectivity index (χ0n) is 16.0. The van der Waals surface area contributed by atoms with Crippen LogP contribution >= 0.6 is 11.3 Å². The van der Waals surface area contributed by atoms with Gasteiger partial charge in [0.25, 0.3) is 0 Å². The van der Waals surface area contributed by atoms with E-state index in [0.717, 1.165) is 30.5 Å². The predicted octanol–water partition coefficient (Wildman–Crippen LogP) is 4.35. The summed E-state index contributed by atoms with van der Waals surface area (Å²) in [6.45, 7) is 4.49. The second-order valence-electron chi connectivity index (χ2n) is 7.18. The van der Waals surface area contributed by atoms with Gasteiger partial charge < -0.3 is 9.42 Å². The van der Waals surface area contributed by atoms with Gasteiger partial charge in [0.15, 0.2) is 0 Å². The minimum atomic E-state index is -4.64. The maximum Gasteiger partial charge on any atom is 0.452 e. The fourth-order valence-electron chi connectivity index (χ4n) is 3.32. The Labute approximate surface area is 172 Å². The summed E-state index contributed by atoms with van der Waals surface area (Å²) < 4.78 is 69.9. The van der Waals surface area contributed by atoms with Gasteiger partial charge in [-0.3, -0.25) is 0 Å². The lowest BCUT2D eigenvalue weighted by atomic mass is 10.2. The highest BCUT2D eigenvalue weighted by Crippen LogP contribution is 2.35. The summed E-state index contributed by atoms with van der Waals surface area (Å²) >= 11 is 0.856. The SMILES string of the molecule is CC(CCNS(=O)(=O)c1ccc(-c2cc(C(F)(F)F)on2)s1)N1CCCCCC1. The van der Waals surface area contributed by atoms with Crippen LogP contribution in [0.4, 0.5) is 13.2 Å². The summed E-state index contributed by atoms with van der Waals surface area (Å²) in [6.07, 6.45) is 0.885. The smallest absolute Gasteiger partial charge is 0.351 e. The molecule has 11 heteroatoms. The van der Waals surface area contributed by atoms with Crippen LogP contribution in [0.25, 0.3) is 10.6 Å². The molecule has 1 saturated heterocycles. The number of hydrogen-bond donors (Lipinski definition) is 1. The van der Waals surface area contributed by atoms with Crippen molar-refractivity contribution in [3.8, 4) is 10.6 Å². The van der Waals surface area contributed by atoms with E-state index >= 15 is 0 Å². The fourth-order valence-corrected chi connectivity index (χ4v) is 5.67. The Morgan fingerprint density at radius 2 is 1.93 bits per heavy atom. The number of aromatic nitrogens is 1.